The van der Waals surface area contributed by atoms with Gasteiger partial charge in [0.25, 0.3) is 0 Å². The summed E-state index contributed by atoms with van der Waals surface area (Å²) in [4.78, 5) is 2.59. The number of piperidine rings is 1. The van der Waals surface area contributed by atoms with Crippen molar-refractivity contribution in [3.63, 3.8) is 0 Å². The Morgan fingerprint density at radius 3 is 2.33 bits per heavy atom. The van der Waals surface area contributed by atoms with E-state index in [2.05, 4.69) is 78.6 Å². The molecule has 0 N–H and O–H groups in total. The predicted octanol–water partition coefficient (Wildman–Crippen LogP) is 5.53. The molecule has 0 saturated carbocycles. The maximum absolute atomic E-state index is 2.59. The van der Waals surface area contributed by atoms with Crippen LogP contribution in [0.2, 0.25) is 0 Å². The molecule has 3 aromatic rings. The van der Waals surface area contributed by atoms with E-state index in [1.54, 1.807) is 0 Å². The highest BCUT2D eigenvalue weighted by Gasteiger charge is 2.20. The summed E-state index contributed by atoms with van der Waals surface area (Å²) in [6, 6.07) is 24.7. The highest BCUT2D eigenvalue weighted by Crippen LogP contribution is 2.31. The van der Waals surface area contributed by atoms with E-state index in [-0.39, 0.29) is 0 Å². The number of hydrogen-bond donors (Lipinski definition) is 0. The molecule has 3 aromatic carbocycles. The molecule has 1 fully saturated rings. The third-order valence-corrected chi connectivity index (χ3v) is 5.33. The summed E-state index contributed by atoms with van der Waals surface area (Å²) < 4.78 is 0. The molecular weight excluding hydrogens is 290 g/mol. The van der Waals surface area contributed by atoms with Gasteiger partial charge in [-0.3, -0.25) is 4.90 Å². The lowest BCUT2D eigenvalue weighted by molar-refractivity contribution is 0.204. The Kier molecular flexibility index (Phi) is 4.36. The fourth-order valence-corrected chi connectivity index (χ4v) is 3.90. The van der Waals surface area contributed by atoms with Gasteiger partial charge in [0.2, 0.25) is 0 Å². The van der Waals surface area contributed by atoms with Crippen LogP contribution < -0.4 is 0 Å². The van der Waals surface area contributed by atoms with Gasteiger partial charge in [0.05, 0.1) is 0 Å². The highest BCUT2D eigenvalue weighted by molar-refractivity contribution is 5.83. The summed E-state index contributed by atoms with van der Waals surface area (Å²) >= 11 is 0. The van der Waals surface area contributed by atoms with Crippen molar-refractivity contribution in [1.82, 2.24) is 4.90 Å². The molecule has 0 bridgehead atoms. The molecular formula is C23H25N. The minimum Gasteiger partial charge on any atom is -0.299 e. The van der Waals surface area contributed by atoms with E-state index in [9.17, 15) is 0 Å². The summed E-state index contributed by atoms with van der Waals surface area (Å²) in [6.07, 6.45) is 2.54. The standard InChI is InChI=1S/C23H25N/c1-18-7-8-23-16-22(10-9-21(23)15-18)20-11-13-24(14-12-20)17-19-5-3-2-4-6-19/h2-10,15-16,20H,11-14,17H2,1H3. The van der Waals surface area contributed by atoms with Crippen molar-refractivity contribution < 1.29 is 0 Å². The number of benzene rings is 3. The SMILES string of the molecule is Cc1ccc2cc(C3CCN(Cc4ccccc4)CC3)ccc2c1. The van der Waals surface area contributed by atoms with Gasteiger partial charge in [0, 0.05) is 6.54 Å². The van der Waals surface area contributed by atoms with E-state index >= 15 is 0 Å². The molecule has 0 unspecified atom stereocenters. The van der Waals surface area contributed by atoms with E-state index < -0.39 is 0 Å². The minimum atomic E-state index is 0.711. The Balaban J connectivity index is 1.43. The Morgan fingerprint density at radius 1 is 0.833 bits per heavy atom. The van der Waals surface area contributed by atoms with Crippen LogP contribution in [-0.2, 0) is 6.54 Å². The van der Waals surface area contributed by atoms with Crippen LogP contribution in [-0.4, -0.2) is 18.0 Å². The summed E-state index contributed by atoms with van der Waals surface area (Å²) in [5.74, 6) is 0.711. The molecule has 1 nitrogen and oxygen atoms in total. The minimum absolute atomic E-state index is 0.711. The van der Waals surface area contributed by atoms with Crippen LogP contribution in [0.25, 0.3) is 10.8 Å². The lowest BCUT2D eigenvalue weighted by Crippen LogP contribution is -2.32. The second-order valence-corrected chi connectivity index (χ2v) is 7.15. The van der Waals surface area contributed by atoms with Gasteiger partial charge in [0.15, 0.2) is 0 Å². The number of hydrogen-bond acceptors (Lipinski definition) is 1. The van der Waals surface area contributed by atoms with E-state index in [0.717, 1.165) is 6.54 Å². The van der Waals surface area contributed by atoms with Gasteiger partial charge >= 0.3 is 0 Å². The molecule has 1 heteroatoms. The van der Waals surface area contributed by atoms with Crippen molar-refractivity contribution in [3.05, 3.63) is 83.4 Å². The Bertz CT molecular complexity index is 814. The molecule has 0 aromatic heterocycles. The maximum atomic E-state index is 2.59. The van der Waals surface area contributed by atoms with Crippen LogP contribution in [0.1, 0.15) is 35.4 Å². The molecule has 0 radical (unpaired) electrons. The van der Waals surface area contributed by atoms with E-state index in [1.165, 1.54) is 53.4 Å². The molecule has 0 atom stereocenters. The lowest BCUT2D eigenvalue weighted by Gasteiger charge is -2.32. The summed E-state index contributed by atoms with van der Waals surface area (Å²) in [5, 5.41) is 2.74. The first-order valence-electron chi connectivity index (χ1n) is 9.04. The Morgan fingerprint density at radius 2 is 1.54 bits per heavy atom. The number of likely N-dealkylation sites (tertiary alicyclic amines) is 1. The molecule has 0 spiro atoms. The van der Waals surface area contributed by atoms with Gasteiger partial charge in [-0.25, -0.2) is 0 Å². The monoisotopic (exact) mass is 315 g/mol. The molecule has 1 aliphatic rings. The van der Waals surface area contributed by atoms with Crippen molar-refractivity contribution in [2.24, 2.45) is 0 Å². The molecule has 1 saturated heterocycles. The summed E-state index contributed by atoms with van der Waals surface area (Å²) in [7, 11) is 0. The van der Waals surface area contributed by atoms with Gasteiger partial charge < -0.3 is 0 Å². The molecule has 122 valence electrons. The molecule has 4 rings (SSSR count). The second-order valence-electron chi connectivity index (χ2n) is 7.15. The zero-order valence-electron chi connectivity index (χ0n) is 14.4. The fourth-order valence-electron chi connectivity index (χ4n) is 3.90. The zero-order chi connectivity index (χ0) is 16.4. The smallest absolute Gasteiger partial charge is 0.0233 e. The Hall–Kier alpha value is -2.12. The van der Waals surface area contributed by atoms with Gasteiger partial charge in [-0.05, 0) is 60.7 Å². The molecule has 0 amide bonds. The first-order chi connectivity index (χ1) is 11.8. The average molecular weight is 315 g/mol. The summed E-state index contributed by atoms with van der Waals surface area (Å²) in [5.41, 5.74) is 4.28. The summed E-state index contributed by atoms with van der Waals surface area (Å²) in [6.45, 7) is 5.65. The average Bonchev–Trinajstić information content (AvgIpc) is 2.63. The number of aryl methyl sites for hydroxylation is 1. The normalized spacial score (nSPS) is 16.5. The number of fused-ring (bicyclic) bond motifs is 1. The molecule has 0 aliphatic carbocycles. The van der Waals surface area contributed by atoms with Crippen LogP contribution in [0, 0.1) is 6.92 Å². The topological polar surface area (TPSA) is 3.24 Å². The van der Waals surface area contributed by atoms with Gasteiger partial charge in [0.1, 0.15) is 0 Å². The van der Waals surface area contributed by atoms with E-state index in [0.29, 0.717) is 5.92 Å². The van der Waals surface area contributed by atoms with Crippen LogP contribution in [0.3, 0.4) is 0 Å². The lowest BCUT2D eigenvalue weighted by atomic mass is 9.88. The van der Waals surface area contributed by atoms with Crippen molar-refractivity contribution in [2.45, 2.75) is 32.2 Å². The van der Waals surface area contributed by atoms with Crippen molar-refractivity contribution in [1.29, 1.82) is 0 Å². The second kappa shape index (κ2) is 6.78. The van der Waals surface area contributed by atoms with E-state index in [1.807, 2.05) is 0 Å². The van der Waals surface area contributed by atoms with Crippen LogP contribution >= 0.6 is 0 Å². The van der Waals surface area contributed by atoms with Crippen molar-refractivity contribution >= 4 is 10.8 Å². The molecule has 1 aliphatic heterocycles. The van der Waals surface area contributed by atoms with Crippen LogP contribution in [0.15, 0.2) is 66.7 Å². The largest absolute Gasteiger partial charge is 0.299 e. The number of rotatable bonds is 3. The molecule has 1 heterocycles. The third-order valence-electron chi connectivity index (χ3n) is 5.33. The first-order valence-corrected chi connectivity index (χ1v) is 9.04. The van der Waals surface area contributed by atoms with Gasteiger partial charge in [-0.2, -0.15) is 0 Å². The van der Waals surface area contributed by atoms with Gasteiger partial charge in [-0.1, -0.05) is 72.3 Å². The maximum Gasteiger partial charge on any atom is 0.0233 e. The van der Waals surface area contributed by atoms with Crippen molar-refractivity contribution in [2.75, 3.05) is 13.1 Å². The zero-order valence-corrected chi connectivity index (χ0v) is 14.4. The van der Waals surface area contributed by atoms with Crippen LogP contribution in [0.5, 0.6) is 0 Å². The van der Waals surface area contributed by atoms with E-state index in [4.69, 9.17) is 0 Å². The number of nitrogens with zero attached hydrogens (tertiary/aromatic N) is 1. The highest BCUT2D eigenvalue weighted by atomic mass is 15.1. The molecule has 24 heavy (non-hydrogen) atoms. The van der Waals surface area contributed by atoms with Gasteiger partial charge in [-0.15, -0.1) is 0 Å². The van der Waals surface area contributed by atoms with Crippen molar-refractivity contribution in [3.8, 4) is 0 Å². The van der Waals surface area contributed by atoms with Crippen LogP contribution in [0.4, 0.5) is 0 Å². The fraction of sp³-hybridized carbons (Fsp3) is 0.304. The third kappa shape index (κ3) is 3.37. The first kappa shape index (κ1) is 15.4. The predicted molar refractivity (Wildman–Crippen MR) is 102 cm³/mol. The quantitative estimate of drug-likeness (QED) is 0.614. The Labute approximate surface area is 144 Å².